The molecule has 7 nitrogen and oxygen atoms in total. The maximum Gasteiger partial charge on any atom is 0.256 e. The SMILES string of the molecule is O=C(Nc1cc(S(=O)(=O)N2CCOCC2)ccc1O)c1ccsc1. The summed E-state index contributed by atoms with van der Waals surface area (Å²) in [6.45, 7) is 1.25. The second-order valence-electron chi connectivity index (χ2n) is 5.16. The summed E-state index contributed by atoms with van der Waals surface area (Å²) in [7, 11) is -3.70. The molecule has 1 amide bonds. The number of amides is 1. The molecule has 0 saturated carbocycles. The highest BCUT2D eigenvalue weighted by Gasteiger charge is 2.27. The van der Waals surface area contributed by atoms with Gasteiger partial charge in [0, 0.05) is 18.5 Å². The van der Waals surface area contributed by atoms with Crippen LogP contribution < -0.4 is 5.32 Å². The Bertz CT molecular complexity index is 828. The molecule has 1 aliphatic rings. The fraction of sp³-hybridized carbons (Fsp3) is 0.267. The number of anilines is 1. The van der Waals surface area contributed by atoms with Crippen LogP contribution in [0.25, 0.3) is 0 Å². The van der Waals surface area contributed by atoms with Crippen LogP contribution in [0, 0.1) is 0 Å². The van der Waals surface area contributed by atoms with Gasteiger partial charge < -0.3 is 15.2 Å². The summed E-state index contributed by atoms with van der Waals surface area (Å²) >= 11 is 1.37. The Kier molecular flexibility index (Phi) is 4.86. The van der Waals surface area contributed by atoms with Crippen molar-refractivity contribution < 1.29 is 23.1 Å². The summed E-state index contributed by atoms with van der Waals surface area (Å²) < 4.78 is 31.8. The van der Waals surface area contributed by atoms with E-state index in [1.165, 1.54) is 33.8 Å². The first-order valence-corrected chi connectivity index (χ1v) is 9.61. The summed E-state index contributed by atoms with van der Waals surface area (Å²) in [5.74, 6) is -0.605. The van der Waals surface area contributed by atoms with E-state index in [0.717, 1.165) is 0 Å². The molecule has 0 unspecified atom stereocenters. The number of phenols is 1. The molecule has 24 heavy (non-hydrogen) atoms. The Labute approximate surface area is 143 Å². The number of benzene rings is 1. The van der Waals surface area contributed by atoms with Crippen molar-refractivity contribution in [2.24, 2.45) is 0 Å². The third-order valence-electron chi connectivity index (χ3n) is 3.61. The molecule has 0 spiro atoms. The van der Waals surface area contributed by atoms with Crippen LogP contribution in [0.2, 0.25) is 0 Å². The van der Waals surface area contributed by atoms with Gasteiger partial charge in [-0.15, -0.1) is 0 Å². The van der Waals surface area contributed by atoms with Crippen LogP contribution in [0.4, 0.5) is 5.69 Å². The van der Waals surface area contributed by atoms with Crippen LogP contribution in [0.5, 0.6) is 5.75 Å². The smallest absolute Gasteiger partial charge is 0.256 e. The van der Waals surface area contributed by atoms with Gasteiger partial charge in [-0.1, -0.05) is 0 Å². The van der Waals surface area contributed by atoms with Crippen LogP contribution in [0.1, 0.15) is 10.4 Å². The second-order valence-corrected chi connectivity index (χ2v) is 7.88. The number of morpholine rings is 1. The zero-order chi connectivity index (χ0) is 17.2. The van der Waals surface area contributed by atoms with E-state index in [1.807, 2.05) is 0 Å². The summed E-state index contributed by atoms with van der Waals surface area (Å²) in [4.78, 5) is 12.1. The average molecular weight is 368 g/mol. The molecule has 2 N–H and O–H groups in total. The Morgan fingerprint density at radius 2 is 2.00 bits per heavy atom. The van der Waals surface area contributed by atoms with Gasteiger partial charge in [0.05, 0.1) is 29.4 Å². The second kappa shape index (κ2) is 6.89. The molecule has 1 aromatic carbocycles. The van der Waals surface area contributed by atoms with E-state index in [9.17, 15) is 18.3 Å². The van der Waals surface area contributed by atoms with Crippen molar-refractivity contribution in [3.05, 3.63) is 40.6 Å². The average Bonchev–Trinajstić information content (AvgIpc) is 3.12. The number of hydrogen-bond acceptors (Lipinski definition) is 6. The first kappa shape index (κ1) is 16.9. The normalized spacial score (nSPS) is 16.0. The fourth-order valence-electron chi connectivity index (χ4n) is 2.30. The summed E-state index contributed by atoms with van der Waals surface area (Å²) in [5, 5.41) is 15.9. The van der Waals surface area contributed by atoms with E-state index in [2.05, 4.69) is 5.32 Å². The van der Waals surface area contributed by atoms with Crippen LogP contribution in [0.15, 0.2) is 39.9 Å². The topological polar surface area (TPSA) is 95.9 Å². The van der Waals surface area contributed by atoms with E-state index in [-0.39, 0.29) is 29.4 Å². The minimum atomic E-state index is -3.70. The van der Waals surface area contributed by atoms with E-state index < -0.39 is 15.9 Å². The highest BCUT2D eigenvalue weighted by atomic mass is 32.2. The van der Waals surface area contributed by atoms with Crippen LogP contribution in [-0.4, -0.2) is 50.0 Å². The number of carbonyl (C=O) groups is 1. The van der Waals surface area contributed by atoms with Gasteiger partial charge in [0.25, 0.3) is 5.91 Å². The largest absolute Gasteiger partial charge is 0.506 e. The maximum absolute atomic E-state index is 12.6. The molecular weight excluding hydrogens is 352 g/mol. The number of nitrogens with one attached hydrogen (secondary N) is 1. The van der Waals surface area contributed by atoms with Crippen LogP contribution in [-0.2, 0) is 14.8 Å². The number of thiophene rings is 1. The summed E-state index contributed by atoms with van der Waals surface area (Å²) in [6, 6.07) is 5.49. The van der Waals surface area contributed by atoms with E-state index in [0.29, 0.717) is 18.8 Å². The Balaban J connectivity index is 1.87. The molecule has 1 aliphatic heterocycles. The number of nitrogens with zero attached hydrogens (tertiary/aromatic N) is 1. The quantitative estimate of drug-likeness (QED) is 0.801. The fourth-order valence-corrected chi connectivity index (χ4v) is 4.37. The van der Waals surface area contributed by atoms with E-state index in [4.69, 9.17) is 4.74 Å². The molecule has 1 saturated heterocycles. The minimum Gasteiger partial charge on any atom is -0.506 e. The molecule has 0 atom stereocenters. The summed E-state index contributed by atoms with van der Waals surface area (Å²) in [5.41, 5.74) is 0.501. The lowest BCUT2D eigenvalue weighted by molar-refractivity contribution is 0.0730. The number of rotatable bonds is 4. The zero-order valence-corrected chi connectivity index (χ0v) is 14.3. The number of carbonyl (C=O) groups excluding carboxylic acids is 1. The first-order chi connectivity index (χ1) is 11.5. The van der Waals surface area contributed by atoms with Gasteiger partial charge in [-0.3, -0.25) is 4.79 Å². The number of phenolic OH excluding ortho intramolecular Hbond substituents is 1. The lowest BCUT2D eigenvalue weighted by Gasteiger charge is -2.26. The van der Waals surface area contributed by atoms with Crippen molar-refractivity contribution >= 4 is 33.0 Å². The third kappa shape index (κ3) is 3.44. The molecule has 1 aromatic heterocycles. The Hall–Kier alpha value is -1.94. The van der Waals surface area contributed by atoms with Gasteiger partial charge in [0.15, 0.2) is 0 Å². The standard InChI is InChI=1S/C15H16N2O5S2/c18-14-2-1-12(24(20,21)17-4-6-22-7-5-17)9-13(14)16-15(19)11-3-8-23-10-11/h1-3,8-10,18H,4-7H2,(H,16,19). The van der Waals surface area contributed by atoms with Crippen LogP contribution >= 0.6 is 11.3 Å². The lowest BCUT2D eigenvalue weighted by atomic mass is 10.2. The van der Waals surface area contributed by atoms with Crippen molar-refractivity contribution in [1.82, 2.24) is 4.31 Å². The molecule has 9 heteroatoms. The molecule has 0 bridgehead atoms. The van der Waals surface area contributed by atoms with Gasteiger partial charge in [0.2, 0.25) is 10.0 Å². The number of sulfonamides is 1. The van der Waals surface area contributed by atoms with Gasteiger partial charge in [0.1, 0.15) is 5.75 Å². The van der Waals surface area contributed by atoms with Gasteiger partial charge >= 0.3 is 0 Å². The van der Waals surface area contributed by atoms with Crippen LogP contribution in [0.3, 0.4) is 0 Å². The van der Waals surface area contributed by atoms with Crippen molar-refractivity contribution in [3.63, 3.8) is 0 Å². The molecule has 2 aromatic rings. The highest BCUT2D eigenvalue weighted by molar-refractivity contribution is 7.89. The lowest BCUT2D eigenvalue weighted by Crippen LogP contribution is -2.40. The first-order valence-electron chi connectivity index (χ1n) is 7.23. The van der Waals surface area contributed by atoms with Crippen molar-refractivity contribution in [1.29, 1.82) is 0 Å². The van der Waals surface area contributed by atoms with E-state index in [1.54, 1.807) is 16.8 Å². The van der Waals surface area contributed by atoms with E-state index >= 15 is 0 Å². The van der Waals surface area contributed by atoms with Crippen molar-refractivity contribution in [3.8, 4) is 5.75 Å². The summed E-state index contributed by atoms with van der Waals surface area (Å²) in [6.07, 6.45) is 0. The van der Waals surface area contributed by atoms with Crippen molar-refractivity contribution in [2.45, 2.75) is 4.90 Å². The van der Waals surface area contributed by atoms with Gasteiger partial charge in [-0.05, 0) is 29.6 Å². The Morgan fingerprint density at radius 3 is 2.67 bits per heavy atom. The predicted molar refractivity (Wildman–Crippen MR) is 90.0 cm³/mol. The third-order valence-corrected chi connectivity index (χ3v) is 6.19. The number of ether oxygens (including phenoxy) is 1. The molecular formula is C15H16N2O5S2. The molecule has 0 radical (unpaired) electrons. The molecule has 1 fully saturated rings. The number of hydrogen-bond donors (Lipinski definition) is 2. The predicted octanol–water partition coefficient (Wildman–Crippen LogP) is 1.73. The van der Waals surface area contributed by atoms with Gasteiger partial charge in [-0.2, -0.15) is 15.6 Å². The van der Waals surface area contributed by atoms with Gasteiger partial charge in [-0.25, -0.2) is 8.42 Å². The maximum atomic E-state index is 12.6. The minimum absolute atomic E-state index is 0.0165. The number of aromatic hydroxyl groups is 1. The highest BCUT2D eigenvalue weighted by Crippen LogP contribution is 2.28. The zero-order valence-electron chi connectivity index (χ0n) is 12.6. The molecule has 128 valence electrons. The molecule has 3 rings (SSSR count). The Morgan fingerprint density at radius 1 is 1.25 bits per heavy atom. The molecule has 2 heterocycles. The monoisotopic (exact) mass is 368 g/mol. The van der Waals surface area contributed by atoms with Crippen molar-refractivity contribution in [2.75, 3.05) is 31.6 Å². The molecule has 0 aliphatic carbocycles.